The largest absolute Gasteiger partial charge is 0.325 e. The van der Waals surface area contributed by atoms with Crippen molar-refractivity contribution in [2.24, 2.45) is 0 Å². The van der Waals surface area contributed by atoms with Gasteiger partial charge < -0.3 is 5.32 Å². The van der Waals surface area contributed by atoms with Crippen molar-refractivity contribution in [3.8, 4) is 0 Å². The second kappa shape index (κ2) is 8.33. The van der Waals surface area contributed by atoms with E-state index in [9.17, 15) is 4.79 Å². The minimum Gasteiger partial charge on any atom is -0.308 e. The number of anilines is 2. The quantitative estimate of drug-likeness (QED) is 0.569. The molecular weight excluding hydrogens is 376 g/mol. The van der Waals surface area contributed by atoms with Gasteiger partial charge in [-0.25, -0.2) is 4.79 Å². The van der Waals surface area contributed by atoms with E-state index in [1.54, 1.807) is 36.0 Å². The predicted octanol–water partition coefficient (Wildman–Crippen LogP) is 5.44. The molecule has 2 aromatic carbocycles. The molecule has 2 amide bonds. The van der Waals surface area contributed by atoms with Gasteiger partial charge in [0.25, 0.3) is 0 Å². The highest BCUT2D eigenvalue weighted by atomic mass is 35.5. The number of carbonyl (C=O) groups excluding carboxylic acids is 1. The number of amides is 2. The van der Waals surface area contributed by atoms with Gasteiger partial charge in [0.1, 0.15) is 5.01 Å². The average Bonchev–Trinajstić information content (AvgIpc) is 3.04. The number of hydrogen-bond acceptors (Lipinski definition) is 5. The molecule has 1 aromatic heterocycles. The standard InChI is InChI=1S/C17H15ClN4OS2/c1-11-2-8-14(9-3-11)24-10-15-21-22-17(25-15)20-16(23)19-13-6-4-12(18)5-7-13/h2-9H,10H2,1H3,(H2,19,20,22,23). The summed E-state index contributed by atoms with van der Waals surface area (Å²) in [6, 6.07) is 14.8. The SMILES string of the molecule is Cc1ccc(SCc2nnc(NC(=O)Nc3ccc(Cl)cc3)s2)cc1. The lowest BCUT2D eigenvalue weighted by Crippen LogP contribution is -2.19. The third-order valence-corrected chi connectivity index (χ3v) is 5.47. The number of urea groups is 1. The molecule has 0 aliphatic carbocycles. The average molecular weight is 391 g/mol. The number of nitrogens with one attached hydrogen (secondary N) is 2. The van der Waals surface area contributed by atoms with Crippen LogP contribution in [0.4, 0.5) is 15.6 Å². The van der Waals surface area contributed by atoms with E-state index in [2.05, 4.69) is 52.0 Å². The molecule has 0 radical (unpaired) electrons. The predicted molar refractivity (Wildman–Crippen MR) is 105 cm³/mol. The zero-order valence-corrected chi connectivity index (χ0v) is 15.7. The number of rotatable bonds is 5. The van der Waals surface area contributed by atoms with Gasteiger partial charge in [-0.3, -0.25) is 5.32 Å². The smallest absolute Gasteiger partial charge is 0.308 e. The summed E-state index contributed by atoms with van der Waals surface area (Å²) in [6.45, 7) is 2.06. The molecule has 8 heteroatoms. The number of aryl methyl sites for hydroxylation is 1. The molecule has 3 rings (SSSR count). The molecule has 0 saturated carbocycles. The summed E-state index contributed by atoms with van der Waals surface area (Å²) in [7, 11) is 0. The van der Waals surface area contributed by atoms with Gasteiger partial charge in [0.2, 0.25) is 5.13 Å². The summed E-state index contributed by atoms with van der Waals surface area (Å²) >= 11 is 8.86. The normalized spacial score (nSPS) is 10.5. The van der Waals surface area contributed by atoms with Crippen molar-refractivity contribution >= 4 is 51.5 Å². The first-order chi connectivity index (χ1) is 12.1. The third-order valence-electron chi connectivity index (χ3n) is 3.17. The summed E-state index contributed by atoms with van der Waals surface area (Å²) in [5.74, 6) is 0.710. The van der Waals surface area contributed by atoms with Gasteiger partial charge in [0.15, 0.2) is 0 Å². The van der Waals surface area contributed by atoms with Crippen LogP contribution in [0, 0.1) is 6.92 Å². The van der Waals surface area contributed by atoms with E-state index in [0.29, 0.717) is 21.6 Å². The molecule has 0 saturated heterocycles. The molecule has 0 bridgehead atoms. The molecule has 128 valence electrons. The Hall–Kier alpha value is -2.09. The molecule has 0 fully saturated rings. The maximum absolute atomic E-state index is 12.0. The van der Waals surface area contributed by atoms with Gasteiger partial charge in [-0.15, -0.1) is 22.0 Å². The fourth-order valence-corrected chi connectivity index (χ4v) is 3.68. The number of hydrogen-bond donors (Lipinski definition) is 2. The lowest BCUT2D eigenvalue weighted by atomic mass is 10.2. The Morgan fingerprint density at radius 1 is 1.08 bits per heavy atom. The number of nitrogens with zero attached hydrogens (tertiary/aromatic N) is 2. The third kappa shape index (κ3) is 5.45. The Labute approximate surface area is 158 Å². The van der Waals surface area contributed by atoms with Crippen molar-refractivity contribution < 1.29 is 4.79 Å². The van der Waals surface area contributed by atoms with E-state index in [0.717, 1.165) is 5.01 Å². The number of carbonyl (C=O) groups is 1. The number of aromatic nitrogens is 2. The van der Waals surface area contributed by atoms with E-state index in [-0.39, 0.29) is 6.03 Å². The van der Waals surface area contributed by atoms with E-state index in [1.165, 1.54) is 21.8 Å². The molecule has 0 aliphatic rings. The van der Waals surface area contributed by atoms with Gasteiger partial charge in [-0.2, -0.15) is 0 Å². The lowest BCUT2D eigenvalue weighted by Gasteiger charge is -2.04. The minimum absolute atomic E-state index is 0.365. The monoisotopic (exact) mass is 390 g/mol. The second-order valence-electron chi connectivity index (χ2n) is 5.19. The van der Waals surface area contributed by atoms with Crippen LogP contribution in [-0.2, 0) is 5.75 Å². The van der Waals surface area contributed by atoms with Crippen LogP contribution >= 0.6 is 34.7 Å². The van der Waals surface area contributed by atoms with Crippen molar-refractivity contribution in [2.75, 3.05) is 10.6 Å². The second-order valence-corrected chi connectivity index (χ2v) is 7.74. The molecule has 0 aliphatic heterocycles. The number of thioether (sulfide) groups is 1. The Kier molecular flexibility index (Phi) is 5.91. The Morgan fingerprint density at radius 2 is 1.80 bits per heavy atom. The van der Waals surface area contributed by atoms with Gasteiger partial charge in [-0.05, 0) is 43.3 Å². The van der Waals surface area contributed by atoms with Crippen molar-refractivity contribution in [1.82, 2.24) is 10.2 Å². The van der Waals surface area contributed by atoms with Crippen molar-refractivity contribution in [3.63, 3.8) is 0 Å². The summed E-state index contributed by atoms with van der Waals surface area (Å²) in [5.41, 5.74) is 1.89. The van der Waals surface area contributed by atoms with Crippen LogP contribution < -0.4 is 10.6 Å². The zero-order valence-electron chi connectivity index (χ0n) is 13.3. The summed E-state index contributed by atoms with van der Waals surface area (Å²) in [5, 5.41) is 15.4. The summed E-state index contributed by atoms with van der Waals surface area (Å²) < 4.78 is 0. The Balaban J connectivity index is 1.51. The topological polar surface area (TPSA) is 66.9 Å². The first-order valence-corrected chi connectivity index (χ1v) is 9.62. The molecular formula is C17H15ClN4OS2. The van der Waals surface area contributed by atoms with Crippen LogP contribution in [0.2, 0.25) is 5.02 Å². The molecule has 1 heterocycles. The highest BCUT2D eigenvalue weighted by Crippen LogP contribution is 2.26. The summed E-state index contributed by atoms with van der Waals surface area (Å²) in [4.78, 5) is 13.1. The fourth-order valence-electron chi connectivity index (χ4n) is 1.93. The fraction of sp³-hybridized carbons (Fsp3) is 0.118. The van der Waals surface area contributed by atoms with E-state index in [4.69, 9.17) is 11.6 Å². The van der Waals surface area contributed by atoms with Crippen molar-refractivity contribution in [1.29, 1.82) is 0 Å². The van der Waals surface area contributed by atoms with Crippen LogP contribution in [0.3, 0.4) is 0 Å². The van der Waals surface area contributed by atoms with Gasteiger partial charge in [0, 0.05) is 15.6 Å². The summed E-state index contributed by atoms with van der Waals surface area (Å²) in [6.07, 6.45) is 0. The van der Waals surface area contributed by atoms with E-state index in [1.807, 2.05) is 0 Å². The van der Waals surface area contributed by atoms with Crippen molar-refractivity contribution in [2.45, 2.75) is 17.6 Å². The van der Waals surface area contributed by atoms with E-state index >= 15 is 0 Å². The Morgan fingerprint density at radius 3 is 2.52 bits per heavy atom. The Bertz CT molecular complexity index is 850. The molecule has 25 heavy (non-hydrogen) atoms. The van der Waals surface area contributed by atoms with Gasteiger partial charge in [0.05, 0.1) is 5.75 Å². The molecule has 3 aromatic rings. The molecule has 0 unspecified atom stereocenters. The molecule has 2 N–H and O–H groups in total. The maximum Gasteiger partial charge on any atom is 0.325 e. The number of halogens is 1. The van der Waals surface area contributed by atoms with Crippen LogP contribution in [0.15, 0.2) is 53.4 Å². The first-order valence-electron chi connectivity index (χ1n) is 7.44. The lowest BCUT2D eigenvalue weighted by molar-refractivity contribution is 0.262. The van der Waals surface area contributed by atoms with Crippen LogP contribution in [0.1, 0.15) is 10.6 Å². The first kappa shape index (κ1) is 17.7. The highest BCUT2D eigenvalue weighted by Gasteiger charge is 2.09. The zero-order chi connectivity index (χ0) is 17.6. The maximum atomic E-state index is 12.0. The molecule has 5 nitrogen and oxygen atoms in total. The minimum atomic E-state index is -0.365. The van der Waals surface area contributed by atoms with Gasteiger partial charge >= 0.3 is 6.03 Å². The number of benzene rings is 2. The highest BCUT2D eigenvalue weighted by molar-refractivity contribution is 7.98. The van der Waals surface area contributed by atoms with Crippen LogP contribution in [0.25, 0.3) is 0 Å². The molecule has 0 spiro atoms. The van der Waals surface area contributed by atoms with Crippen LogP contribution in [-0.4, -0.2) is 16.2 Å². The van der Waals surface area contributed by atoms with Gasteiger partial charge in [-0.1, -0.05) is 40.6 Å². The van der Waals surface area contributed by atoms with E-state index < -0.39 is 0 Å². The van der Waals surface area contributed by atoms with Crippen molar-refractivity contribution in [3.05, 3.63) is 64.1 Å². The molecule has 0 atom stereocenters. The van der Waals surface area contributed by atoms with Crippen LogP contribution in [0.5, 0.6) is 0 Å².